The highest BCUT2D eigenvalue weighted by Gasteiger charge is 2.30. The van der Waals surface area contributed by atoms with E-state index in [9.17, 15) is 22.8 Å². The van der Waals surface area contributed by atoms with Gasteiger partial charge in [-0.2, -0.15) is 0 Å². The summed E-state index contributed by atoms with van der Waals surface area (Å²) < 4.78 is 22.9. The first kappa shape index (κ1) is 17.8. The van der Waals surface area contributed by atoms with Crippen molar-refractivity contribution in [3.8, 4) is 0 Å². The van der Waals surface area contributed by atoms with Crippen LogP contribution in [0.5, 0.6) is 0 Å². The summed E-state index contributed by atoms with van der Waals surface area (Å²) in [5, 5.41) is 2.65. The van der Waals surface area contributed by atoms with Crippen LogP contribution in [0.3, 0.4) is 0 Å². The maximum Gasteiger partial charge on any atom is 0.255 e. The number of nitrogens with one attached hydrogen (secondary N) is 1. The quantitative estimate of drug-likeness (QED) is 0.827. The Morgan fingerprint density at radius 3 is 2.19 bits per heavy atom. The van der Waals surface area contributed by atoms with Gasteiger partial charge in [0, 0.05) is 30.3 Å². The number of hydrogen-bond donors (Lipinski definition) is 1. The first-order chi connectivity index (χ1) is 12.3. The van der Waals surface area contributed by atoms with E-state index in [1.54, 1.807) is 18.2 Å². The van der Waals surface area contributed by atoms with Crippen LogP contribution in [0.15, 0.2) is 53.4 Å². The molecule has 1 saturated heterocycles. The van der Waals surface area contributed by atoms with E-state index < -0.39 is 15.7 Å². The normalized spacial score (nSPS) is 14.6. The Morgan fingerprint density at radius 2 is 1.62 bits per heavy atom. The molecule has 0 bridgehead atoms. The number of imide groups is 1. The minimum atomic E-state index is -3.31. The van der Waals surface area contributed by atoms with Gasteiger partial charge in [0.15, 0.2) is 9.84 Å². The molecule has 0 unspecified atom stereocenters. The zero-order chi connectivity index (χ0) is 18.9. The van der Waals surface area contributed by atoms with Gasteiger partial charge in [0.2, 0.25) is 11.8 Å². The van der Waals surface area contributed by atoms with Crippen LogP contribution in [0.25, 0.3) is 0 Å². The topological polar surface area (TPSA) is 101 Å². The highest BCUT2D eigenvalue weighted by atomic mass is 32.2. The lowest BCUT2D eigenvalue weighted by Gasteiger charge is -2.15. The Balaban J connectivity index is 1.79. The summed E-state index contributed by atoms with van der Waals surface area (Å²) in [6, 6.07) is 12.0. The van der Waals surface area contributed by atoms with Gasteiger partial charge in [-0.15, -0.1) is 0 Å². The summed E-state index contributed by atoms with van der Waals surface area (Å²) in [6.07, 6.45) is 1.44. The Bertz CT molecular complexity index is 980. The summed E-state index contributed by atoms with van der Waals surface area (Å²) >= 11 is 0. The zero-order valence-corrected chi connectivity index (χ0v) is 14.7. The van der Waals surface area contributed by atoms with Crippen molar-refractivity contribution < 1.29 is 22.8 Å². The lowest BCUT2D eigenvalue weighted by molar-refractivity contribution is -0.121. The van der Waals surface area contributed by atoms with E-state index in [0.29, 0.717) is 11.4 Å². The molecule has 2 aromatic carbocycles. The highest BCUT2D eigenvalue weighted by Crippen LogP contribution is 2.24. The molecule has 1 aliphatic heterocycles. The molecule has 0 radical (unpaired) electrons. The van der Waals surface area contributed by atoms with Crippen molar-refractivity contribution in [2.45, 2.75) is 17.7 Å². The molecule has 0 atom stereocenters. The number of nitrogens with zero attached hydrogens (tertiary/aromatic N) is 1. The van der Waals surface area contributed by atoms with Gasteiger partial charge in [0.05, 0.1) is 10.6 Å². The van der Waals surface area contributed by atoms with E-state index in [1.165, 1.54) is 30.3 Å². The van der Waals surface area contributed by atoms with E-state index in [1.807, 2.05) is 0 Å². The molecule has 2 aromatic rings. The van der Waals surface area contributed by atoms with Crippen LogP contribution < -0.4 is 10.2 Å². The van der Waals surface area contributed by atoms with E-state index in [2.05, 4.69) is 5.32 Å². The summed E-state index contributed by atoms with van der Waals surface area (Å²) in [7, 11) is -3.31. The van der Waals surface area contributed by atoms with Crippen LogP contribution in [0.1, 0.15) is 23.2 Å². The minimum absolute atomic E-state index is 0.156. The van der Waals surface area contributed by atoms with Crippen LogP contribution in [0.2, 0.25) is 0 Å². The molecule has 1 N–H and O–H groups in total. The van der Waals surface area contributed by atoms with E-state index in [-0.39, 0.29) is 35.1 Å². The monoisotopic (exact) mass is 372 g/mol. The minimum Gasteiger partial charge on any atom is -0.322 e. The van der Waals surface area contributed by atoms with Crippen LogP contribution >= 0.6 is 0 Å². The molecule has 26 heavy (non-hydrogen) atoms. The van der Waals surface area contributed by atoms with Gasteiger partial charge in [-0.1, -0.05) is 6.07 Å². The molecule has 0 aliphatic carbocycles. The van der Waals surface area contributed by atoms with Crippen molar-refractivity contribution in [2.75, 3.05) is 16.5 Å². The number of carbonyl (C=O) groups excluding carboxylic acids is 3. The smallest absolute Gasteiger partial charge is 0.255 e. The molecule has 3 amide bonds. The van der Waals surface area contributed by atoms with Crippen molar-refractivity contribution in [1.29, 1.82) is 0 Å². The molecule has 1 aliphatic rings. The number of sulfone groups is 1. The molecule has 3 rings (SSSR count). The summed E-state index contributed by atoms with van der Waals surface area (Å²) in [5.74, 6) is -1.01. The van der Waals surface area contributed by atoms with Gasteiger partial charge >= 0.3 is 0 Å². The number of rotatable bonds is 4. The van der Waals surface area contributed by atoms with E-state index in [4.69, 9.17) is 0 Å². The molecule has 7 nitrogen and oxygen atoms in total. The maximum atomic E-state index is 12.4. The summed E-state index contributed by atoms with van der Waals surface area (Å²) in [5.41, 5.74) is 1.07. The fourth-order valence-electron chi connectivity index (χ4n) is 2.64. The third kappa shape index (κ3) is 3.65. The molecular weight excluding hydrogens is 356 g/mol. The second kappa shape index (κ2) is 6.72. The second-order valence-corrected chi connectivity index (χ2v) is 7.94. The number of amides is 3. The van der Waals surface area contributed by atoms with Gasteiger partial charge in [0.25, 0.3) is 5.91 Å². The second-order valence-electron chi connectivity index (χ2n) is 5.92. The standard InChI is InChI=1S/C18H16N2O5S/c1-26(24,25)15-7-5-13(6-8-15)19-18(23)12-3-2-4-14(11-12)20-16(21)9-10-17(20)22/h2-8,11H,9-10H2,1H3,(H,19,23). The third-order valence-corrected chi connectivity index (χ3v) is 5.09. The fraction of sp³-hybridized carbons (Fsp3) is 0.167. The fourth-order valence-corrected chi connectivity index (χ4v) is 3.27. The number of carbonyl (C=O) groups is 3. The number of hydrogen-bond acceptors (Lipinski definition) is 5. The largest absolute Gasteiger partial charge is 0.322 e. The van der Waals surface area contributed by atoms with Crippen LogP contribution in [-0.4, -0.2) is 32.4 Å². The molecule has 1 heterocycles. The number of benzene rings is 2. The molecule has 0 saturated carbocycles. The Morgan fingerprint density at radius 1 is 1.00 bits per heavy atom. The summed E-state index contributed by atoms with van der Waals surface area (Å²) in [6.45, 7) is 0. The van der Waals surface area contributed by atoms with E-state index >= 15 is 0 Å². The predicted molar refractivity (Wildman–Crippen MR) is 95.7 cm³/mol. The molecule has 1 fully saturated rings. The van der Waals surface area contributed by atoms with Crippen LogP contribution in [-0.2, 0) is 19.4 Å². The Labute approximate surface area is 150 Å². The van der Waals surface area contributed by atoms with Gasteiger partial charge in [-0.05, 0) is 42.5 Å². The van der Waals surface area contributed by atoms with Crippen LogP contribution in [0.4, 0.5) is 11.4 Å². The van der Waals surface area contributed by atoms with Gasteiger partial charge < -0.3 is 5.32 Å². The molecule has 0 aromatic heterocycles. The lowest BCUT2D eigenvalue weighted by atomic mass is 10.1. The van der Waals surface area contributed by atoms with Crippen molar-refractivity contribution in [2.24, 2.45) is 0 Å². The first-order valence-corrected chi connectivity index (χ1v) is 9.72. The molecule has 0 spiro atoms. The van der Waals surface area contributed by atoms with E-state index in [0.717, 1.165) is 11.2 Å². The van der Waals surface area contributed by atoms with Gasteiger partial charge in [0.1, 0.15) is 0 Å². The Kier molecular flexibility index (Phi) is 4.60. The van der Waals surface area contributed by atoms with Crippen molar-refractivity contribution in [1.82, 2.24) is 0 Å². The Hall–Kier alpha value is -3.00. The predicted octanol–water partition coefficient (Wildman–Crippen LogP) is 2.00. The van der Waals surface area contributed by atoms with Crippen LogP contribution in [0, 0.1) is 0 Å². The SMILES string of the molecule is CS(=O)(=O)c1ccc(NC(=O)c2cccc(N3C(=O)CCC3=O)c2)cc1. The van der Waals surface area contributed by atoms with Crippen molar-refractivity contribution >= 4 is 38.9 Å². The van der Waals surface area contributed by atoms with Crippen molar-refractivity contribution in [3.63, 3.8) is 0 Å². The van der Waals surface area contributed by atoms with Gasteiger partial charge in [-0.3, -0.25) is 19.3 Å². The zero-order valence-electron chi connectivity index (χ0n) is 13.9. The molecule has 134 valence electrons. The average molecular weight is 372 g/mol. The highest BCUT2D eigenvalue weighted by molar-refractivity contribution is 7.90. The number of anilines is 2. The average Bonchev–Trinajstić information content (AvgIpc) is 2.93. The summed E-state index contributed by atoms with van der Waals surface area (Å²) in [4.78, 5) is 37.3. The third-order valence-electron chi connectivity index (χ3n) is 3.96. The van der Waals surface area contributed by atoms with Crippen molar-refractivity contribution in [3.05, 3.63) is 54.1 Å². The molecule has 8 heteroatoms. The van der Waals surface area contributed by atoms with Gasteiger partial charge in [-0.25, -0.2) is 8.42 Å². The maximum absolute atomic E-state index is 12.4. The molecular formula is C18H16N2O5S. The first-order valence-electron chi connectivity index (χ1n) is 7.83. The lowest BCUT2D eigenvalue weighted by Crippen LogP contribution is -2.28.